The second-order valence-corrected chi connectivity index (χ2v) is 9.79. The third-order valence-corrected chi connectivity index (χ3v) is 4.29. The molecule has 0 saturated carbocycles. The van der Waals surface area contributed by atoms with Crippen molar-refractivity contribution in [1.29, 1.82) is 0 Å². The highest BCUT2D eigenvalue weighted by atomic mass is 79.9. The molecule has 0 saturated heterocycles. The predicted molar refractivity (Wildman–Crippen MR) is 123 cm³/mol. The zero-order valence-electron chi connectivity index (χ0n) is 19.7. The van der Waals surface area contributed by atoms with Gasteiger partial charge in [-0.1, -0.05) is 12.1 Å². The summed E-state index contributed by atoms with van der Waals surface area (Å²) in [5.41, 5.74) is -0.649. The van der Waals surface area contributed by atoms with Crippen molar-refractivity contribution < 1.29 is 33.3 Å². The number of ether oxygens (including phenoxy) is 4. The van der Waals surface area contributed by atoms with Gasteiger partial charge in [0.15, 0.2) is 0 Å². The van der Waals surface area contributed by atoms with E-state index >= 15 is 0 Å². The number of carbonyl (C=O) groups excluding carboxylic acids is 3. The maximum Gasteiger partial charge on any atom is 0.408 e. The Balaban J connectivity index is 2.84. The number of nitrogens with one attached hydrogen (secondary N) is 2. The fourth-order valence-electron chi connectivity index (χ4n) is 2.50. The summed E-state index contributed by atoms with van der Waals surface area (Å²) >= 11 is 3.44. The fraction of sp³-hybridized carbons (Fsp3) is 0.591. The average Bonchev–Trinajstić information content (AvgIpc) is 2.62. The molecule has 1 rings (SSSR count). The van der Waals surface area contributed by atoms with Crippen molar-refractivity contribution in [2.45, 2.75) is 65.2 Å². The maximum atomic E-state index is 12.3. The fourth-order valence-corrected chi connectivity index (χ4v) is 3.02. The van der Waals surface area contributed by atoms with E-state index in [2.05, 4.69) is 26.6 Å². The first-order valence-electron chi connectivity index (χ1n) is 10.2. The number of hydrogen-bond acceptors (Lipinski definition) is 7. The number of benzene rings is 1. The van der Waals surface area contributed by atoms with Crippen molar-refractivity contribution >= 4 is 34.1 Å². The highest BCUT2D eigenvalue weighted by Gasteiger charge is 2.27. The first-order valence-corrected chi connectivity index (χ1v) is 11.0. The Kier molecular flexibility index (Phi) is 10.3. The lowest BCUT2D eigenvalue weighted by Crippen LogP contribution is -2.45. The van der Waals surface area contributed by atoms with Gasteiger partial charge in [-0.2, -0.15) is 0 Å². The molecule has 1 aromatic rings. The van der Waals surface area contributed by atoms with Gasteiger partial charge in [0, 0.05) is 6.42 Å². The lowest BCUT2D eigenvalue weighted by molar-refractivity contribution is -0.143. The molecule has 180 valence electrons. The molecule has 0 aliphatic carbocycles. The predicted octanol–water partition coefficient (Wildman–Crippen LogP) is 3.96. The molecule has 1 atom stereocenters. The number of halogens is 1. The molecule has 0 spiro atoms. The Morgan fingerprint density at radius 2 is 1.59 bits per heavy atom. The van der Waals surface area contributed by atoms with Crippen LogP contribution in [0, 0.1) is 0 Å². The van der Waals surface area contributed by atoms with Crippen LogP contribution in [0.3, 0.4) is 0 Å². The van der Waals surface area contributed by atoms with E-state index in [9.17, 15) is 14.4 Å². The van der Waals surface area contributed by atoms with Gasteiger partial charge in [0.1, 0.15) is 29.6 Å². The molecule has 32 heavy (non-hydrogen) atoms. The summed E-state index contributed by atoms with van der Waals surface area (Å²) in [5.74, 6) is -0.133. The zero-order chi connectivity index (χ0) is 24.5. The lowest BCUT2D eigenvalue weighted by atomic mass is 10.0. The van der Waals surface area contributed by atoms with Crippen LogP contribution in [0.1, 0.15) is 47.1 Å². The quantitative estimate of drug-likeness (QED) is 0.305. The van der Waals surface area contributed by atoms with Gasteiger partial charge in [-0.05, 0) is 69.1 Å². The molecule has 0 bridgehead atoms. The molecule has 0 aliphatic heterocycles. The van der Waals surface area contributed by atoms with E-state index in [1.54, 1.807) is 59.7 Å². The minimum atomic E-state index is -0.980. The van der Waals surface area contributed by atoms with E-state index in [1.807, 2.05) is 0 Å². The molecule has 10 heteroatoms. The third kappa shape index (κ3) is 10.7. The number of methoxy groups -OCH3 is 1. The van der Waals surface area contributed by atoms with Crippen LogP contribution in [0.4, 0.5) is 9.59 Å². The third-order valence-electron chi connectivity index (χ3n) is 3.67. The van der Waals surface area contributed by atoms with Crippen molar-refractivity contribution in [3.63, 3.8) is 0 Å². The largest absolute Gasteiger partial charge is 0.490 e. The van der Waals surface area contributed by atoms with Crippen molar-refractivity contribution in [1.82, 2.24) is 10.6 Å². The van der Waals surface area contributed by atoms with Crippen LogP contribution < -0.4 is 15.4 Å². The van der Waals surface area contributed by atoms with E-state index in [-0.39, 0.29) is 19.6 Å². The summed E-state index contributed by atoms with van der Waals surface area (Å²) < 4.78 is 21.7. The van der Waals surface area contributed by atoms with Crippen LogP contribution in [0.5, 0.6) is 5.75 Å². The van der Waals surface area contributed by atoms with Crippen LogP contribution >= 0.6 is 15.9 Å². The number of alkyl carbamates (subject to hydrolysis) is 2. The molecule has 2 N–H and O–H groups in total. The minimum Gasteiger partial charge on any atom is -0.490 e. The van der Waals surface area contributed by atoms with Crippen LogP contribution in [0.25, 0.3) is 0 Å². The Bertz CT molecular complexity index is 800. The van der Waals surface area contributed by atoms with Gasteiger partial charge in [0.05, 0.1) is 18.1 Å². The molecule has 0 aromatic heterocycles. The highest BCUT2D eigenvalue weighted by Crippen LogP contribution is 2.30. The van der Waals surface area contributed by atoms with Gasteiger partial charge in [-0.15, -0.1) is 0 Å². The average molecular weight is 517 g/mol. The van der Waals surface area contributed by atoms with Crippen molar-refractivity contribution in [3.05, 3.63) is 28.2 Å². The lowest BCUT2D eigenvalue weighted by Gasteiger charge is -2.23. The second-order valence-electron chi connectivity index (χ2n) is 8.93. The van der Waals surface area contributed by atoms with Gasteiger partial charge < -0.3 is 29.6 Å². The van der Waals surface area contributed by atoms with Crippen molar-refractivity contribution in [2.75, 3.05) is 20.3 Å². The summed E-state index contributed by atoms with van der Waals surface area (Å²) in [4.78, 5) is 36.2. The summed E-state index contributed by atoms with van der Waals surface area (Å²) in [7, 11) is 1.24. The Hall–Kier alpha value is -2.49. The Morgan fingerprint density at radius 1 is 1.00 bits per heavy atom. The normalized spacial score (nSPS) is 12.4. The molecule has 1 aromatic carbocycles. The van der Waals surface area contributed by atoms with Crippen LogP contribution in [0.15, 0.2) is 22.7 Å². The topological polar surface area (TPSA) is 112 Å². The van der Waals surface area contributed by atoms with E-state index in [1.165, 1.54) is 7.11 Å². The van der Waals surface area contributed by atoms with E-state index in [0.29, 0.717) is 15.8 Å². The first-order chi connectivity index (χ1) is 14.7. The number of esters is 1. The Labute approximate surface area is 197 Å². The molecular weight excluding hydrogens is 484 g/mol. The SMILES string of the molecule is COC(=O)[C@H](Cc1cccc(Br)c1OCCNC(=O)OC(C)(C)C)NC(=O)OC(C)(C)C. The minimum absolute atomic E-state index is 0.111. The summed E-state index contributed by atoms with van der Waals surface area (Å²) in [6, 6.07) is 4.36. The number of carbonyl (C=O) groups is 3. The van der Waals surface area contributed by atoms with Gasteiger partial charge in [-0.3, -0.25) is 0 Å². The molecular formula is C22H33BrN2O7. The van der Waals surface area contributed by atoms with E-state index in [0.717, 1.165) is 0 Å². The van der Waals surface area contributed by atoms with Crippen LogP contribution in [-0.4, -0.2) is 55.7 Å². The molecule has 0 heterocycles. The van der Waals surface area contributed by atoms with Crippen molar-refractivity contribution in [2.24, 2.45) is 0 Å². The smallest absolute Gasteiger partial charge is 0.408 e. The first kappa shape index (κ1) is 27.5. The van der Waals surface area contributed by atoms with Gasteiger partial charge >= 0.3 is 18.2 Å². The molecule has 0 radical (unpaired) electrons. The summed E-state index contributed by atoms with van der Waals surface area (Å²) in [6.07, 6.45) is -1.16. The highest BCUT2D eigenvalue weighted by molar-refractivity contribution is 9.10. The van der Waals surface area contributed by atoms with Gasteiger partial charge in [0.25, 0.3) is 0 Å². The van der Waals surface area contributed by atoms with Gasteiger partial charge in [0.2, 0.25) is 0 Å². The number of hydrogen-bond donors (Lipinski definition) is 2. The zero-order valence-corrected chi connectivity index (χ0v) is 21.3. The van der Waals surface area contributed by atoms with E-state index in [4.69, 9.17) is 18.9 Å². The number of rotatable bonds is 8. The second kappa shape index (κ2) is 11.9. The van der Waals surface area contributed by atoms with E-state index < -0.39 is 35.4 Å². The standard InChI is InChI=1S/C22H33BrN2O7/c1-21(2,3)31-19(27)24-11-12-30-17-14(9-8-10-15(17)23)13-16(18(26)29-7)25-20(28)32-22(4,5)6/h8-10,16H,11-13H2,1-7H3,(H,24,27)(H,25,28)/t16-/m0/s1. The monoisotopic (exact) mass is 516 g/mol. The number of para-hydroxylation sites is 1. The summed E-state index contributed by atoms with van der Waals surface area (Å²) in [6.45, 7) is 10.9. The molecule has 0 aliphatic rings. The molecule has 9 nitrogen and oxygen atoms in total. The Morgan fingerprint density at radius 3 is 2.16 bits per heavy atom. The molecule has 2 amide bonds. The van der Waals surface area contributed by atoms with Gasteiger partial charge in [-0.25, -0.2) is 14.4 Å². The molecule has 0 fully saturated rings. The molecule has 0 unspecified atom stereocenters. The number of amides is 2. The van der Waals surface area contributed by atoms with Crippen molar-refractivity contribution in [3.8, 4) is 5.75 Å². The summed E-state index contributed by atoms with van der Waals surface area (Å²) in [5, 5.41) is 5.16. The van der Waals surface area contributed by atoms with Crippen LogP contribution in [0.2, 0.25) is 0 Å². The van der Waals surface area contributed by atoms with Crippen LogP contribution in [-0.2, 0) is 25.4 Å². The maximum absolute atomic E-state index is 12.3.